The van der Waals surface area contributed by atoms with Crippen LogP contribution < -0.4 is 4.90 Å². The standard InChI is InChI=1S/C54H35NO2/c1-4-13-36(14-5-1)38-23-25-39(26-24-38)40-27-30-43(31-28-40)55(48-34-33-44(41-17-8-3-9-18-41)54-52(48)47-19-10-11-22-50(47)56-54)49-21-12-20-46-45-32-29-42(35-51(45)57-53(46)49)37-15-6-2-7-16-37/h1-35H. The molecular weight excluding hydrogens is 695 g/mol. The van der Waals surface area contributed by atoms with E-state index >= 15 is 0 Å². The molecule has 0 aliphatic carbocycles. The van der Waals surface area contributed by atoms with Crippen LogP contribution in [0.15, 0.2) is 221 Å². The topological polar surface area (TPSA) is 29.5 Å². The van der Waals surface area contributed by atoms with Crippen LogP contribution in [-0.2, 0) is 0 Å². The van der Waals surface area contributed by atoms with Gasteiger partial charge < -0.3 is 13.7 Å². The van der Waals surface area contributed by atoms with E-state index in [9.17, 15) is 0 Å². The van der Waals surface area contributed by atoms with Crippen LogP contribution in [0.2, 0.25) is 0 Å². The fraction of sp³-hybridized carbons (Fsp3) is 0. The number of nitrogens with zero attached hydrogens (tertiary/aromatic N) is 1. The summed E-state index contributed by atoms with van der Waals surface area (Å²) >= 11 is 0. The van der Waals surface area contributed by atoms with Gasteiger partial charge in [-0.05, 0) is 87.5 Å². The molecule has 11 aromatic rings. The Balaban J connectivity index is 1.11. The molecule has 2 heterocycles. The maximum Gasteiger partial charge on any atom is 0.159 e. The molecule has 11 rings (SSSR count). The fourth-order valence-corrected chi connectivity index (χ4v) is 8.31. The number of rotatable bonds is 7. The van der Waals surface area contributed by atoms with Gasteiger partial charge in [0.15, 0.2) is 5.58 Å². The second-order valence-corrected chi connectivity index (χ2v) is 14.5. The molecule has 3 nitrogen and oxygen atoms in total. The third kappa shape index (κ3) is 5.68. The summed E-state index contributed by atoms with van der Waals surface area (Å²) in [6.45, 7) is 0. The molecule has 0 fully saturated rings. The summed E-state index contributed by atoms with van der Waals surface area (Å²) in [5.74, 6) is 0. The first-order valence-electron chi connectivity index (χ1n) is 19.3. The summed E-state index contributed by atoms with van der Waals surface area (Å²) in [4.78, 5) is 2.34. The first-order chi connectivity index (χ1) is 28.3. The minimum absolute atomic E-state index is 0.825. The first-order valence-corrected chi connectivity index (χ1v) is 19.3. The molecule has 0 saturated heterocycles. The first kappa shape index (κ1) is 32.8. The van der Waals surface area contributed by atoms with Gasteiger partial charge >= 0.3 is 0 Å². The Morgan fingerprint density at radius 3 is 1.51 bits per heavy atom. The average molecular weight is 730 g/mol. The highest BCUT2D eigenvalue weighted by Gasteiger charge is 2.25. The van der Waals surface area contributed by atoms with Crippen LogP contribution in [0.4, 0.5) is 17.1 Å². The van der Waals surface area contributed by atoms with E-state index in [1.807, 2.05) is 18.2 Å². The van der Waals surface area contributed by atoms with Gasteiger partial charge in [-0.3, -0.25) is 0 Å². The van der Waals surface area contributed by atoms with Gasteiger partial charge in [-0.25, -0.2) is 0 Å². The van der Waals surface area contributed by atoms with Gasteiger partial charge in [-0.2, -0.15) is 0 Å². The van der Waals surface area contributed by atoms with E-state index < -0.39 is 0 Å². The van der Waals surface area contributed by atoms with Crippen molar-refractivity contribution in [3.05, 3.63) is 212 Å². The average Bonchev–Trinajstić information content (AvgIpc) is 3.87. The fourth-order valence-electron chi connectivity index (χ4n) is 8.31. The normalized spacial score (nSPS) is 11.5. The maximum atomic E-state index is 6.92. The zero-order valence-electron chi connectivity index (χ0n) is 31.0. The molecule has 2 aromatic heterocycles. The van der Waals surface area contributed by atoms with E-state index in [4.69, 9.17) is 8.83 Å². The molecule has 0 aliphatic rings. The summed E-state index contributed by atoms with van der Waals surface area (Å²) < 4.78 is 13.7. The third-order valence-corrected chi connectivity index (χ3v) is 11.1. The van der Waals surface area contributed by atoms with E-state index in [0.717, 1.165) is 94.3 Å². The van der Waals surface area contributed by atoms with Gasteiger partial charge in [0.2, 0.25) is 0 Å². The summed E-state index contributed by atoms with van der Waals surface area (Å²) in [5.41, 5.74) is 15.5. The lowest BCUT2D eigenvalue weighted by Gasteiger charge is -2.27. The minimum atomic E-state index is 0.825. The number of anilines is 3. The molecule has 0 saturated carbocycles. The van der Waals surface area contributed by atoms with E-state index in [2.05, 4.69) is 199 Å². The lowest BCUT2D eigenvalue weighted by molar-refractivity contribution is 0.668. The number of hydrogen-bond acceptors (Lipinski definition) is 3. The van der Waals surface area contributed by atoms with Crippen LogP contribution in [0.5, 0.6) is 0 Å². The van der Waals surface area contributed by atoms with Gasteiger partial charge in [-0.1, -0.05) is 164 Å². The Hall–Kier alpha value is -7.62. The molecule has 0 spiro atoms. The summed E-state index contributed by atoms with van der Waals surface area (Å²) in [6.07, 6.45) is 0. The highest BCUT2D eigenvalue weighted by molar-refractivity contribution is 6.18. The zero-order valence-corrected chi connectivity index (χ0v) is 31.0. The molecule has 3 heteroatoms. The molecule has 0 amide bonds. The van der Waals surface area contributed by atoms with Gasteiger partial charge in [0.05, 0.1) is 16.8 Å². The van der Waals surface area contributed by atoms with Crippen molar-refractivity contribution >= 4 is 60.9 Å². The monoisotopic (exact) mass is 729 g/mol. The maximum absolute atomic E-state index is 6.92. The Morgan fingerprint density at radius 2 is 0.825 bits per heavy atom. The number of fused-ring (bicyclic) bond motifs is 6. The van der Waals surface area contributed by atoms with Crippen LogP contribution >= 0.6 is 0 Å². The van der Waals surface area contributed by atoms with E-state index in [1.165, 1.54) is 11.1 Å². The molecule has 0 N–H and O–H groups in total. The van der Waals surface area contributed by atoms with Crippen molar-refractivity contribution in [2.45, 2.75) is 0 Å². The lowest BCUT2D eigenvalue weighted by atomic mass is 9.98. The summed E-state index contributed by atoms with van der Waals surface area (Å²) in [5, 5.41) is 4.26. The Labute approximate surface area is 330 Å². The van der Waals surface area contributed by atoms with Crippen LogP contribution in [-0.4, -0.2) is 0 Å². The predicted octanol–water partition coefficient (Wildman–Crippen LogP) is 15.6. The van der Waals surface area contributed by atoms with Crippen molar-refractivity contribution in [3.63, 3.8) is 0 Å². The van der Waals surface area contributed by atoms with Crippen LogP contribution in [0.3, 0.4) is 0 Å². The summed E-state index contributed by atoms with van der Waals surface area (Å²) in [6, 6.07) is 74.9. The minimum Gasteiger partial charge on any atom is -0.455 e. The highest BCUT2D eigenvalue weighted by atomic mass is 16.3. The molecule has 0 atom stereocenters. The number of furan rings is 2. The second-order valence-electron chi connectivity index (χ2n) is 14.5. The number of hydrogen-bond donors (Lipinski definition) is 0. The molecular formula is C54H35NO2. The van der Waals surface area contributed by atoms with Crippen molar-refractivity contribution in [1.82, 2.24) is 0 Å². The quantitative estimate of drug-likeness (QED) is 0.164. The van der Waals surface area contributed by atoms with Gasteiger partial charge in [0.25, 0.3) is 0 Å². The molecule has 0 bridgehead atoms. The largest absolute Gasteiger partial charge is 0.455 e. The predicted molar refractivity (Wildman–Crippen MR) is 237 cm³/mol. The Morgan fingerprint density at radius 1 is 0.298 bits per heavy atom. The van der Waals surface area contributed by atoms with Gasteiger partial charge in [0.1, 0.15) is 16.7 Å². The molecule has 57 heavy (non-hydrogen) atoms. The lowest BCUT2D eigenvalue weighted by Crippen LogP contribution is -2.10. The second kappa shape index (κ2) is 13.6. The van der Waals surface area contributed by atoms with Crippen molar-refractivity contribution in [1.29, 1.82) is 0 Å². The van der Waals surface area contributed by atoms with Gasteiger partial charge in [0, 0.05) is 27.4 Å². The molecule has 0 radical (unpaired) electrons. The molecule has 0 aliphatic heterocycles. The van der Waals surface area contributed by atoms with Crippen LogP contribution in [0, 0.1) is 0 Å². The molecule has 0 unspecified atom stereocenters. The zero-order chi connectivity index (χ0) is 37.7. The highest BCUT2D eigenvalue weighted by Crippen LogP contribution is 2.49. The molecule has 9 aromatic carbocycles. The van der Waals surface area contributed by atoms with Crippen molar-refractivity contribution < 1.29 is 8.83 Å². The molecule has 268 valence electrons. The van der Waals surface area contributed by atoms with E-state index in [0.29, 0.717) is 0 Å². The Kier molecular flexibility index (Phi) is 7.82. The van der Waals surface area contributed by atoms with Gasteiger partial charge in [-0.15, -0.1) is 0 Å². The van der Waals surface area contributed by atoms with Crippen molar-refractivity contribution in [2.24, 2.45) is 0 Å². The number of benzene rings is 9. The third-order valence-electron chi connectivity index (χ3n) is 11.1. The van der Waals surface area contributed by atoms with E-state index in [1.54, 1.807) is 0 Å². The van der Waals surface area contributed by atoms with Crippen molar-refractivity contribution in [2.75, 3.05) is 4.90 Å². The SMILES string of the molecule is c1ccc(-c2ccc(-c3ccc(N(c4cccc5c4oc4cc(-c6ccccc6)ccc45)c4ccc(-c5ccccc5)c5oc6ccccc6c45)cc3)cc2)cc1. The van der Waals surface area contributed by atoms with Crippen molar-refractivity contribution in [3.8, 4) is 44.5 Å². The smallest absolute Gasteiger partial charge is 0.159 e. The number of para-hydroxylation sites is 2. The van der Waals surface area contributed by atoms with Crippen LogP contribution in [0.1, 0.15) is 0 Å². The Bertz CT molecular complexity index is 3200. The van der Waals surface area contributed by atoms with Crippen LogP contribution in [0.25, 0.3) is 88.4 Å². The summed E-state index contributed by atoms with van der Waals surface area (Å²) in [7, 11) is 0. The van der Waals surface area contributed by atoms with E-state index in [-0.39, 0.29) is 0 Å².